The monoisotopic (exact) mass is 288 g/mol. The number of hydrogen-bond acceptors (Lipinski definition) is 4. The first-order chi connectivity index (χ1) is 8.91. The lowest BCUT2D eigenvalue weighted by atomic mass is 10.0. The van der Waals surface area contributed by atoms with Crippen molar-refractivity contribution in [3.05, 3.63) is 28.8 Å². The highest BCUT2D eigenvalue weighted by Gasteiger charge is 2.21. The third kappa shape index (κ3) is 4.62. The number of methoxy groups -OCH3 is 1. The van der Waals surface area contributed by atoms with Gasteiger partial charge in [-0.25, -0.2) is 4.57 Å². The summed E-state index contributed by atoms with van der Waals surface area (Å²) in [4.78, 5) is 9.46. The van der Waals surface area contributed by atoms with E-state index in [0.717, 1.165) is 16.7 Å². The second kappa shape index (κ2) is 7.06. The molecule has 0 heterocycles. The smallest absolute Gasteiger partial charge is 0.472 e. The summed E-state index contributed by atoms with van der Waals surface area (Å²) in [7, 11) is -2.42. The average molecular weight is 288 g/mol. The molecule has 1 rings (SSSR count). The van der Waals surface area contributed by atoms with Crippen LogP contribution < -0.4 is 4.74 Å². The average Bonchev–Trinajstić information content (AvgIpc) is 2.38. The van der Waals surface area contributed by atoms with Gasteiger partial charge in [-0.05, 0) is 31.4 Å². The van der Waals surface area contributed by atoms with E-state index in [9.17, 15) is 9.46 Å². The SMILES string of the molecule is CCCOP(=O)(O)OCc1ccc(C)c(C)c1OC. The number of aryl methyl sites for hydroxylation is 1. The van der Waals surface area contributed by atoms with Gasteiger partial charge in [-0.1, -0.05) is 19.1 Å². The molecular formula is C13H21O5P. The first-order valence-electron chi connectivity index (χ1n) is 6.16. The topological polar surface area (TPSA) is 65.0 Å². The highest BCUT2D eigenvalue weighted by Crippen LogP contribution is 2.44. The van der Waals surface area contributed by atoms with E-state index in [0.29, 0.717) is 12.2 Å². The Kier molecular flexibility index (Phi) is 6.01. The lowest BCUT2D eigenvalue weighted by molar-refractivity contribution is 0.142. The number of phosphoric ester groups is 1. The van der Waals surface area contributed by atoms with Gasteiger partial charge in [-0.3, -0.25) is 9.05 Å². The van der Waals surface area contributed by atoms with Gasteiger partial charge in [0.25, 0.3) is 0 Å². The number of rotatable bonds is 7. The molecule has 6 heteroatoms. The van der Waals surface area contributed by atoms with Crippen LogP contribution in [0.25, 0.3) is 0 Å². The third-order valence-corrected chi connectivity index (χ3v) is 3.77. The predicted molar refractivity (Wildman–Crippen MR) is 73.3 cm³/mol. The zero-order valence-electron chi connectivity index (χ0n) is 11.8. The van der Waals surface area contributed by atoms with E-state index in [4.69, 9.17) is 13.8 Å². The molecule has 108 valence electrons. The molecule has 0 aliphatic rings. The van der Waals surface area contributed by atoms with E-state index in [1.165, 1.54) is 0 Å². The van der Waals surface area contributed by atoms with Gasteiger partial charge in [0.1, 0.15) is 5.75 Å². The molecule has 19 heavy (non-hydrogen) atoms. The van der Waals surface area contributed by atoms with Crippen molar-refractivity contribution >= 4 is 7.82 Å². The van der Waals surface area contributed by atoms with Crippen LogP contribution in [0.15, 0.2) is 12.1 Å². The molecule has 0 saturated carbocycles. The number of phosphoric acid groups is 1. The zero-order chi connectivity index (χ0) is 14.5. The first kappa shape index (κ1) is 16.2. The molecule has 0 saturated heterocycles. The summed E-state index contributed by atoms with van der Waals surface area (Å²) in [6.45, 7) is 5.93. The number of benzene rings is 1. The minimum Gasteiger partial charge on any atom is -0.496 e. The lowest BCUT2D eigenvalue weighted by Gasteiger charge is -2.15. The molecule has 0 bridgehead atoms. The van der Waals surface area contributed by atoms with Crippen LogP contribution in [0.3, 0.4) is 0 Å². The summed E-state index contributed by atoms with van der Waals surface area (Å²) in [5, 5.41) is 0. The molecular weight excluding hydrogens is 267 g/mol. The van der Waals surface area contributed by atoms with Crippen LogP contribution in [-0.4, -0.2) is 18.6 Å². The van der Waals surface area contributed by atoms with Crippen LogP contribution in [0.5, 0.6) is 5.75 Å². The van der Waals surface area contributed by atoms with E-state index in [1.54, 1.807) is 7.11 Å². The third-order valence-electron chi connectivity index (χ3n) is 2.80. The summed E-state index contributed by atoms with van der Waals surface area (Å²) in [6, 6.07) is 3.74. The molecule has 5 nitrogen and oxygen atoms in total. The quantitative estimate of drug-likeness (QED) is 0.779. The summed E-state index contributed by atoms with van der Waals surface area (Å²) >= 11 is 0. The lowest BCUT2D eigenvalue weighted by Crippen LogP contribution is -2.01. The van der Waals surface area contributed by atoms with Crippen molar-refractivity contribution < 1.29 is 23.2 Å². The van der Waals surface area contributed by atoms with Crippen molar-refractivity contribution in [3.8, 4) is 5.75 Å². The Morgan fingerprint density at radius 3 is 2.53 bits per heavy atom. The molecule has 1 aromatic rings. The molecule has 1 atom stereocenters. The first-order valence-corrected chi connectivity index (χ1v) is 7.65. The molecule has 1 N–H and O–H groups in total. The van der Waals surface area contributed by atoms with E-state index in [2.05, 4.69) is 0 Å². The Bertz CT molecular complexity index is 472. The maximum Gasteiger partial charge on any atom is 0.472 e. The Morgan fingerprint density at radius 1 is 1.26 bits per heavy atom. The van der Waals surface area contributed by atoms with Crippen LogP contribution in [0.1, 0.15) is 30.0 Å². The minimum absolute atomic E-state index is 0.0260. The van der Waals surface area contributed by atoms with Gasteiger partial charge in [-0.15, -0.1) is 0 Å². The van der Waals surface area contributed by atoms with Gasteiger partial charge >= 0.3 is 7.82 Å². The normalized spacial score (nSPS) is 14.2. The fraction of sp³-hybridized carbons (Fsp3) is 0.538. The molecule has 0 aliphatic heterocycles. The van der Waals surface area contributed by atoms with Crippen LogP contribution in [0.4, 0.5) is 0 Å². The highest BCUT2D eigenvalue weighted by molar-refractivity contribution is 7.47. The van der Waals surface area contributed by atoms with Crippen LogP contribution in [-0.2, 0) is 20.2 Å². The molecule has 1 aromatic carbocycles. The second-order valence-corrected chi connectivity index (χ2v) is 5.73. The maximum atomic E-state index is 11.6. The molecule has 0 fully saturated rings. The summed E-state index contributed by atoms with van der Waals surface area (Å²) in [6.07, 6.45) is 0.654. The molecule has 0 aromatic heterocycles. The largest absolute Gasteiger partial charge is 0.496 e. The van der Waals surface area contributed by atoms with Crippen molar-refractivity contribution in [1.82, 2.24) is 0 Å². The second-order valence-electron chi connectivity index (χ2n) is 4.28. The van der Waals surface area contributed by atoms with Crippen LogP contribution >= 0.6 is 7.82 Å². The summed E-state index contributed by atoms with van der Waals surface area (Å²) in [5.41, 5.74) is 2.81. The Morgan fingerprint density at radius 2 is 1.95 bits per heavy atom. The number of hydrogen-bond donors (Lipinski definition) is 1. The highest BCUT2D eigenvalue weighted by atomic mass is 31.2. The van der Waals surface area contributed by atoms with Gasteiger partial charge in [0.2, 0.25) is 0 Å². The maximum absolute atomic E-state index is 11.6. The minimum atomic E-state index is -3.99. The number of ether oxygens (including phenoxy) is 1. The van der Waals surface area contributed by atoms with Crippen molar-refractivity contribution in [2.75, 3.05) is 13.7 Å². The van der Waals surface area contributed by atoms with Crippen molar-refractivity contribution in [3.63, 3.8) is 0 Å². The zero-order valence-corrected chi connectivity index (χ0v) is 12.7. The fourth-order valence-corrected chi connectivity index (χ4v) is 2.43. The van der Waals surface area contributed by atoms with Crippen molar-refractivity contribution in [2.24, 2.45) is 0 Å². The van der Waals surface area contributed by atoms with E-state index < -0.39 is 7.82 Å². The molecule has 0 spiro atoms. The van der Waals surface area contributed by atoms with Crippen molar-refractivity contribution in [2.45, 2.75) is 33.8 Å². The molecule has 0 radical (unpaired) electrons. The predicted octanol–water partition coefficient (Wildman–Crippen LogP) is 3.36. The molecule has 0 amide bonds. The van der Waals surface area contributed by atoms with E-state index in [-0.39, 0.29) is 13.2 Å². The van der Waals surface area contributed by atoms with Gasteiger partial charge in [-0.2, -0.15) is 0 Å². The van der Waals surface area contributed by atoms with Gasteiger partial charge in [0.15, 0.2) is 0 Å². The summed E-state index contributed by atoms with van der Waals surface area (Å²) < 4.78 is 26.6. The molecule has 0 aliphatic carbocycles. The summed E-state index contributed by atoms with van der Waals surface area (Å²) in [5.74, 6) is 0.676. The van der Waals surface area contributed by atoms with Gasteiger partial charge < -0.3 is 9.63 Å². The Balaban J connectivity index is 2.78. The van der Waals surface area contributed by atoms with E-state index >= 15 is 0 Å². The van der Waals surface area contributed by atoms with E-state index in [1.807, 2.05) is 32.9 Å². The molecule has 1 unspecified atom stereocenters. The standard InChI is InChI=1S/C13H21O5P/c1-5-8-17-19(14,15)18-9-12-7-6-10(2)11(3)13(12)16-4/h6-7H,5,8-9H2,1-4H3,(H,14,15). The fourth-order valence-electron chi connectivity index (χ4n) is 1.64. The Labute approximate surface area is 114 Å². The van der Waals surface area contributed by atoms with Crippen LogP contribution in [0, 0.1) is 13.8 Å². The Hall–Kier alpha value is -0.870. The van der Waals surface area contributed by atoms with Crippen molar-refractivity contribution in [1.29, 1.82) is 0 Å². The van der Waals surface area contributed by atoms with Crippen LogP contribution in [0.2, 0.25) is 0 Å². The van der Waals surface area contributed by atoms with Gasteiger partial charge in [0.05, 0.1) is 20.3 Å². The van der Waals surface area contributed by atoms with Gasteiger partial charge in [0, 0.05) is 5.56 Å².